The Morgan fingerprint density at radius 2 is 2.05 bits per heavy atom. The standard InChI is InChI=1S/C14H24N4O2/c1-6-7-15-12-8-11(18(19)20)9-13(16-12)17(5)10-14(2,3)4/h8-9H,6-7,10H2,1-5H3,(H,15,16). The van der Waals surface area contributed by atoms with Crippen LogP contribution in [0.2, 0.25) is 0 Å². The molecule has 0 fully saturated rings. The van der Waals surface area contributed by atoms with Crippen LogP contribution < -0.4 is 10.2 Å². The van der Waals surface area contributed by atoms with Crippen LogP contribution in [-0.4, -0.2) is 30.0 Å². The molecule has 0 radical (unpaired) electrons. The molecule has 0 aliphatic rings. The van der Waals surface area contributed by atoms with Crippen LogP contribution in [0.15, 0.2) is 12.1 Å². The van der Waals surface area contributed by atoms with E-state index in [0.717, 1.165) is 19.5 Å². The van der Waals surface area contributed by atoms with E-state index in [0.29, 0.717) is 11.6 Å². The fourth-order valence-electron chi connectivity index (χ4n) is 1.94. The first-order valence-corrected chi connectivity index (χ1v) is 6.84. The van der Waals surface area contributed by atoms with Crippen LogP contribution in [0.5, 0.6) is 0 Å². The fourth-order valence-corrected chi connectivity index (χ4v) is 1.94. The molecule has 0 unspecified atom stereocenters. The summed E-state index contributed by atoms with van der Waals surface area (Å²) in [6, 6.07) is 2.99. The quantitative estimate of drug-likeness (QED) is 0.639. The average Bonchev–Trinajstić information content (AvgIpc) is 2.33. The second-order valence-electron chi connectivity index (χ2n) is 6.17. The van der Waals surface area contributed by atoms with Gasteiger partial charge in [-0.3, -0.25) is 10.1 Å². The number of rotatable bonds is 6. The second-order valence-corrected chi connectivity index (χ2v) is 6.17. The van der Waals surface area contributed by atoms with Crippen molar-refractivity contribution < 1.29 is 4.92 Å². The molecule has 0 aliphatic heterocycles. The number of nitrogens with zero attached hydrogens (tertiary/aromatic N) is 3. The molecule has 0 spiro atoms. The van der Waals surface area contributed by atoms with Gasteiger partial charge in [-0.05, 0) is 11.8 Å². The molecular formula is C14H24N4O2. The maximum Gasteiger partial charge on any atom is 0.276 e. The van der Waals surface area contributed by atoms with Crippen LogP contribution in [0.1, 0.15) is 34.1 Å². The Kier molecular flexibility index (Phi) is 5.30. The molecule has 0 aromatic carbocycles. The van der Waals surface area contributed by atoms with Gasteiger partial charge in [-0.25, -0.2) is 4.98 Å². The summed E-state index contributed by atoms with van der Waals surface area (Å²) in [5, 5.41) is 14.1. The largest absolute Gasteiger partial charge is 0.370 e. The molecule has 6 heteroatoms. The zero-order valence-corrected chi connectivity index (χ0v) is 12.9. The van der Waals surface area contributed by atoms with Gasteiger partial charge in [0.05, 0.1) is 17.1 Å². The minimum Gasteiger partial charge on any atom is -0.370 e. The maximum atomic E-state index is 11.0. The third kappa shape index (κ3) is 5.03. The number of nitrogens with one attached hydrogen (secondary N) is 1. The number of pyridine rings is 1. The molecule has 112 valence electrons. The lowest BCUT2D eigenvalue weighted by Gasteiger charge is -2.27. The zero-order valence-electron chi connectivity index (χ0n) is 12.9. The van der Waals surface area contributed by atoms with E-state index in [-0.39, 0.29) is 16.0 Å². The molecule has 0 saturated carbocycles. The van der Waals surface area contributed by atoms with Crippen LogP contribution in [0.3, 0.4) is 0 Å². The van der Waals surface area contributed by atoms with Crippen molar-refractivity contribution in [3.8, 4) is 0 Å². The second kappa shape index (κ2) is 6.54. The van der Waals surface area contributed by atoms with Crippen molar-refractivity contribution in [2.75, 3.05) is 30.4 Å². The van der Waals surface area contributed by atoms with Crippen molar-refractivity contribution in [1.29, 1.82) is 0 Å². The topological polar surface area (TPSA) is 71.3 Å². The molecule has 1 N–H and O–H groups in total. The number of anilines is 2. The number of nitro groups is 1. The summed E-state index contributed by atoms with van der Waals surface area (Å²) in [6.07, 6.45) is 0.942. The lowest BCUT2D eigenvalue weighted by Crippen LogP contribution is -2.29. The molecule has 0 amide bonds. The van der Waals surface area contributed by atoms with Crippen LogP contribution in [0.25, 0.3) is 0 Å². The van der Waals surface area contributed by atoms with E-state index in [9.17, 15) is 10.1 Å². The number of aromatic nitrogens is 1. The summed E-state index contributed by atoms with van der Waals surface area (Å²) in [5.41, 5.74) is 0.160. The van der Waals surface area contributed by atoms with Gasteiger partial charge in [0.1, 0.15) is 11.6 Å². The van der Waals surface area contributed by atoms with Gasteiger partial charge in [0.25, 0.3) is 5.69 Å². The smallest absolute Gasteiger partial charge is 0.276 e. The first kappa shape index (κ1) is 16.2. The average molecular weight is 280 g/mol. The van der Waals surface area contributed by atoms with Gasteiger partial charge in [0.2, 0.25) is 0 Å². The van der Waals surface area contributed by atoms with Crippen LogP contribution in [-0.2, 0) is 0 Å². The maximum absolute atomic E-state index is 11.0. The highest BCUT2D eigenvalue weighted by Gasteiger charge is 2.18. The minimum atomic E-state index is -0.382. The van der Waals surface area contributed by atoms with Crippen molar-refractivity contribution in [1.82, 2.24) is 4.98 Å². The predicted molar refractivity (Wildman–Crippen MR) is 82.4 cm³/mol. The van der Waals surface area contributed by atoms with E-state index >= 15 is 0 Å². The van der Waals surface area contributed by atoms with Gasteiger partial charge >= 0.3 is 0 Å². The molecule has 0 saturated heterocycles. The lowest BCUT2D eigenvalue weighted by molar-refractivity contribution is -0.384. The summed E-state index contributed by atoms with van der Waals surface area (Å²) in [4.78, 5) is 17.0. The summed E-state index contributed by atoms with van der Waals surface area (Å²) in [7, 11) is 1.90. The normalized spacial score (nSPS) is 11.2. The van der Waals surface area contributed by atoms with Crippen molar-refractivity contribution in [2.45, 2.75) is 34.1 Å². The highest BCUT2D eigenvalue weighted by atomic mass is 16.6. The monoisotopic (exact) mass is 280 g/mol. The number of hydrogen-bond donors (Lipinski definition) is 1. The molecule has 6 nitrogen and oxygen atoms in total. The molecule has 1 heterocycles. The van der Waals surface area contributed by atoms with Gasteiger partial charge in [-0.2, -0.15) is 0 Å². The molecule has 20 heavy (non-hydrogen) atoms. The molecule has 0 atom stereocenters. The Bertz CT molecular complexity index is 469. The SMILES string of the molecule is CCCNc1cc([N+](=O)[O-])cc(N(C)CC(C)(C)C)n1. The predicted octanol–water partition coefficient (Wildman–Crippen LogP) is 3.29. The Labute approximate surface area is 120 Å². The van der Waals surface area contributed by atoms with Crippen molar-refractivity contribution in [2.24, 2.45) is 5.41 Å². The minimum absolute atomic E-state index is 0.0642. The Balaban J connectivity index is 3.04. The summed E-state index contributed by atoms with van der Waals surface area (Å²) in [5.74, 6) is 1.17. The highest BCUT2D eigenvalue weighted by molar-refractivity contribution is 5.55. The van der Waals surface area contributed by atoms with Crippen LogP contribution in [0.4, 0.5) is 17.3 Å². The first-order valence-electron chi connectivity index (χ1n) is 6.84. The summed E-state index contributed by atoms with van der Waals surface area (Å²) in [6.45, 7) is 9.92. The van der Waals surface area contributed by atoms with E-state index < -0.39 is 0 Å². The van der Waals surface area contributed by atoms with Crippen molar-refractivity contribution >= 4 is 17.3 Å². The van der Waals surface area contributed by atoms with Crippen molar-refractivity contribution in [3.05, 3.63) is 22.2 Å². The third-order valence-corrected chi connectivity index (χ3v) is 2.67. The Morgan fingerprint density at radius 3 is 2.55 bits per heavy atom. The van der Waals surface area contributed by atoms with Gasteiger partial charge in [-0.15, -0.1) is 0 Å². The van der Waals surface area contributed by atoms with Gasteiger partial charge in [0.15, 0.2) is 0 Å². The van der Waals surface area contributed by atoms with Gasteiger partial charge < -0.3 is 10.2 Å². The van der Waals surface area contributed by atoms with Gasteiger partial charge in [-0.1, -0.05) is 27.7 Å². The fraction of sp³-hybridized carbons (Fsp3) is 0.643. The molecule has 0 bridgehead atoms. The summed E-state index contributed by atoms with van der Waals surface area (Å²) < 4.78 is 0. The van der Waals surface area contributed by atoms with E-state index in [1.54, 1.807) is 0 Å². The number of hydrogen-bond acceptors (Lipinski definition) is 5. The Morgan fingerprint density at radius 1 is 1.40 bits per heavy atom. The first-order chi connectivity index (χ1) is 9.23. The molecule has 1 rings (SSSR count). The Hall–Kier alpha value is -1.85. The molecule has 1 aromatic heterocycles. The van der Waals surface area contributed by atoms with E-state index in [2.05, 4.69) is 31.1 Å². The van der Waals surface area contributed by atoms with E-state index in [4.69, 9.17) is 0 Å². The van der Waals surface area contributed by atoms with Crippen molar-refractivity contribution in [3.63, 3.8) is 0 Å². The van der Waals surface area contributed by atoms with Gasteiger partial charge in [0, 0.05) is 20.1 Å². The lowest BCUT2D eigenvalue weighted by atomic mass is 9.96. The van der Waals surface area contributed by atoms with E-state index in [1.807, 2.05) is 18.9 Å². The zero-order chi connectivity index (χ0) is 15.3. The molecule has 0 aliphatic carbocycles. The van der Waals surface area contributed by atoms with Crippen LogP contribution in [0, 0.1) is 15.5 Å². The molecular weight excluding hydrogens is 256 g/mol. The van der Waals surface area contributed by atoms with Crippen LogP contribution >= 0.6 is 0 Å². The molecule has 1 aromatic rings. The van der Waals surface area contributed by atoms with E-state index in [1.165, 1.54) is 12.1 Å². The third-order valence-electron chi connectivity index (χ3n) is 2.67. The highest BCUT2D eigenvalue weighted by Crippen LogP contribution is 2.25. The summed E-state index contributed by atoms with van der Waals surface area (Å²) >= 11 is 0.